The number of carbonyl (C=O) groups excluding carboxylic acids is 6. The Morgan fingerprint density at radius 2 is 1.63 bits per heavy atom. The van der Waals surface area contributed by atoms with Crippen molar-refractivity contribution in [1.29, 1.82) is 0 Å². The van der Waals surface area contributed by atoms with Crippen LogP contribution in [0.25, 0.3) is 0 Å². The van der Waals surface area contributed by atoms with Crippen molar-refractivity contribution >= 4 is 47.1 Å². The van der Waals surface area contributed by atoms with Crippen LogP contribution in [0, 0.1) is 0 Å². The van der Waals surface area contributed by atoms with E-state index >= 15 is 0 Å². The maximum atomic E-state index is 13.3. The van der Waals surface area contributed by atoms with Crippen molar-refractivity contribution in [2.45, 2.75) is 62.9 Å². The predicted octanol–water partition coefficient (Wildman–Crippen LogP) is 2.29. The van der Waals surface area contributed by atoms with E-state index in [-0.39, 0.29) is 41.7 Å². The number of anilines is 2. The average Bonchev–Trinajstić information content (AvgIpc) is 3.64. The molecule has 54 heavy (non-hydrogen) atoms. The van der Waals surface area contributed by atoms with Crippen LogP contribution in [0.2, 0.25) is 0 Å². The molecule has 0 spiro atoms. The van der Waals surface area contributed by atoms with Gasteiger partial charge in [0.2, 0.25) is 11.8 Å². The van der Waals surface area contributed by atoms with Gasteiger partial charge >= 0.3 is 6.03 Å². The van der Waals surface area contributed by atoms with Crippen LogP contribution < -0.4 is 20.9 Å². The van der Waals surface area contributed by atoms with Gasteiger partial charge in [0.25, 0.3) is 17.7 Å². The van der Waals surface area contributed by atoms with Gasteiger partial charge in [-0.25, -0.2) is 14.8 Å². The molecule has 7 amide bonds. The van der Waals surface area contributed by atoms with Crippen molar-refractivity contribution in [3.05, 3.63) is 82.3 Å². The number of aromatic nitrogens is 2. The molecule has 2 atom stereocenters. The van der Waals surface area contributed by atoms with Crippen molar-refractivity contribution in [2.24, 2.45) is 5.73 Å². The smallest absolute Gasteiger partial charge is 0.320 e. The number of nitrogens with two attached hydrogens (primary N) is 1. The zero-order valence-electron chi connectivity index (χ0n) is 30.2. The fourth-order valence-electron chi connectivity index (χ4n) is 8.55. The molecule has 1 unspecified atom stereocenters. The molecule has 15 nitrogen and oxygen atoms in total. The van der Waals surface area contributed by atoms with Crippen molar-refractivity contribution < 1.29 is 28.8 Å². The normalized spacial score (nSPS) is 22.3. The van der Waals surface area contributed by atoms with Crippen LogP contribution in [-0.4, -0.2) is 119 Å². The SMILES string of the molecule is CN1CCN([C@@H]2CCCN(c3cnc(C(N)=O)c(Cc4ccc(C5CCN(c6ccc7c(c6)C(=O)N(C6CCC(=O)NC6=O)C7=O)CC5)cc4)n3)C2)C1=O. The van der Waals surface area contributed by atoms with Gasteiger partial charge in [-0.05, 0) is 67.3 Å². The molecule has 3 N–H and O–H groups in total. The molecule has 0 bridgehead atoms. The minimum absolute atomic E-state index is 0.0591. The number of rotatable bonds is 8. The second kappa shape index (κ2) is 14.2. The van der Waals surface area contributed by atoms with Crippen LogP contribution in [0.5, 0.6) is 0 Å². The van der Waals surface area contributed by atoms with Crippen LogP contribution >= 0.6 is 0 Å². The molecule has 0 aliphatic carbocycles. The summed E-state index contributed by atoms with van der Waals surface area (Å²) < 4.78 is 0. The quantitative estimate of drug-likeness (QED) is 0.326. The number of nitrogens with zero attached hydrogens (tertiary/aromatic N) is 7. The maximum Gasteiger partial charge on any atom is 0.320 e. The first kappa shape index (κ1) is 35.2. The summed E-state index contributed by atoms with van der Waals surface area (Å²) in [6.45, 7) is 4.41. The summed E-state index contributed by atoms with van der Waals surface area (Å²) in [5.41, 5.74) is 9.99. The Labute approximate surface area is 312 Å². The summed E-state index contributed by atoms with van der Waals surface area (Å²) in [7, 11) is 1.83. The number of piperidine rings is 3. The Kier molecular flexibility index (Phi) is 9.24. The van der Waals surface area contributed by atoms with Crippen LogP contribution in [0.3, 0.4) is 0 Å². The Balaban J connectivity index is 0.903. The highest BCUT2D eigenvalue weighted by Crippen LogP contribution is 2.35. The summed E-state index contributed by atoms with van der Waals surface area (Å²) in [5.74, 6) is -1.67. The van der Waals surface area contributed by atoms with Crippen molar-refractivity contribution in [3.63, 3.8) is 0 Å². The summed E-state index contributed by atoms with van der Waals surface area (Å²) in [4.78, 5) is 93.9. The van der Waals surface area contributed by atoms with Crippen molar-refractivity contribution in [3.8, 4) is 0 Å². The molecular weight excluding hydrogens is 690 g/mol. The fraction of sp³-hybridized carbons (Fsp3) is 0.436. The second-order valence-corrected chi connectivity index (χ2v) is 14.9. The van der Waals surface area contributed by atoms with E-state index in [1.54, 1.807) is 23.2 Å². The number of imide groups is 2. The van der Waals surface area contributed by atoms with Crippen LogP contribution in [0.4, 0.5) is 16.3 Å². The lowest BCUT2D eigenvalue weighted by molar-refractivity contribution is -0.136. The molecule has 5 aliphatic rings. The third-order valence-electron chi connectivity index (χ3n) is 11.6. The maximum absolute atomic E-state index is 13.3. The van der Waals surface area contributed by atoms with Gasteiger partial charge in [-0.1, -0.05) is 24.3 Å². The number of carbonyl (C=O) groups is 6. The van der Waals surface area contributed by atoms with Gasteiger partial charge in [0.15, 0.2) is 0 Å². The minimum Gasteiger partial charge on any atom is -0.371 e. The van der Waals surface area contributed by atoms with Crippen molar-refractivity contribution in [2.75, 3.05) is 56.1 Å². The van der Waals surface area contributed by atoms with Gasteiger partial charge in [-0.15, -0.1) is 0 Å². The molecule has 6 heterocycles. The van der Waals surface area contributed by atoms with E-state index in [0.29, 0.717) is 30.4 Å². The third kappa shape index (κ3) is 6.51. The molecule has 8 rings (SSSR count). The lowest BCUT2D eigenvalue weighted by Crippen LogP contribution is -2.54. The zero-order valence-corrected chi connectivity index (χ0v) is 30.2. The molecule has 4 saturated heterocycles. The molecular formula is C39H43N9O6. The first-order valence-corrected chi connectivity index (χ1v) is 18.7. The van der Waals surface area contributed by atoms with E-state index in [0.717, 1.165) is 74.6 Å². The zero-order chi connectivity index (χ0) is 37.7. The molecule has 1 aromatic heterocycles. The number of primary amides is 1. The predicted molar refractivity (Wildman–Crippen MR) is 197 cm³/mol. The molecule has 15 heteroatoms. The monoisotopic (exact) mass is 733 g/mol. The molecule has 0 radical (unpaired) electrons. The van der Waals surface area contributed by atoms with Crippen molar-refractivity contribution in [1.82, 2.24) is 30.0 Å². The Morgan fingerprint density at radius 1 is 0.870 bits per heavy atom. The summed E-state index contributed by atoms with van der Waals surface area (Å²) in [5, 5.41) is 2.23. The van der Waals surface area contributed by atoms with Crippen LogP contribution in [0.15, 0.2) is 48.7 Å². The first-order valence-electron chi connectivity index (χ1n) is 18.7. The largest absolute Gasteiger partial charge is 0.371 e. The number of hydrogen-bond donors (Lipinski definition) is 2. The molecule has 4 fully saturated rings. The lowest BCUT2D eigenvalue weighted by atomic mass is 9.88. The van der Waals surface area contributed by atoms with E-state index in [9.17, 15) is 28.8 Å². The van der Waals surface area contributed by atoms with Gasteiger partial charge in [-0.2, -0.15) is 0 Å². The minimum atomic E-state index is -0.993. The number of benzene rings is 2. The van der Waals surface area contributed by atoms with Gasteiger partial charge in [0, 0.05) is 64.8 Å². The van der Waals surface area contributed by atoms with E-state index in [1.807, 2.05) is 18.0 Å². The Hall–Kier alpha value is -5.86. The van der Waals surface area contributed by atoms with Gasteiger partial charge < -0.3 is 25.3 Å². The molecule has 280 valence electrons. The topological polar surface area (TPSA) is 182 Å². The van der Waals surface area contributed by atoms with E-state index < -0.39 is 35.6 Å². The standard InChI is InChI=1S/C39H43N9O6/c1-44-17-18-47(39(44)54)27-3-2-14-46(22-27)32-21-41-34(35(40)50)30(42-32)19-23-4-6-24(7-5-23)25-12-15-45(16-13-25)26-8-9-28-29(20-26)38(53)48(37(28)52)31-10-11-33(49)43-36(31)51/h4-9,20-21,25,27,31H,2-3,10-19,22H2,1H3,(H2,40,50)(H,43,49,51)/t27-,31?/m1/s1. The number of urea groups is 1. The number of hydrogen-bond acceptors (Lipinski definition) is 10. The van der Waals surface area contributed by atoms with Gasteiger partial charge in [0.1, 0.15) is 17.6 Å². The number of likely N-dealkylation sites (N-methyl/N-ethyl adjacent to an activating group) is 1. The molecule has 3 aromatic rings. The second-order valence-electron chi connectivity index (χ2n) is 14.9. The Bertz CT molecular complexity index is 2050. The summed E-state index contributed by atoms with van der Waals surface area (Å²) in [6, 6.07) is 12.8. The van der Waals surface area contributed by atoms with Crippen LogP contribution in [-0.2, 0) is 16.0 Å². The van der Waals surface area contributed by atoms with Gasteiger partial charge in [-0.3, -0.25) is 34.2 Å². The summed E-state index contributed by atoms with van der Waals surface area (Å²) in [6.07, 6.45) is 5.84. The van der Waals surface area contributed by atoms with E-state index in [1.165, 1.54) is 5.56 Å². The van der Waals surface area contributed by atoms with E-state index in [4.69, 9.17) is 10.7 Å². The fourth-order valence-corrected chi connectivity index (χ4v) is 8.55. The number of nitrogens with one attached hydrogen (secondary N) is 1. The highest BCUT2D eigenvalue weighted by Gasteiger charge is 2.45. The summed E-state index contributed by atoms with van der Waals surface area (Å²) >= 11 is 0. The highest BCUT2D eigenvalue weighted by atomic mass is 16.2. The average molecular weight is 734 g/mol. The van der Waals surface area contributed by atoms with Gasteiger partial charge in [0.05, 0.1) is 29.1 Å². The molecule has 5 aliphatic heterocycles. The molecule has 0 saturated carbocycles. The number of fused-ring (bicyclic) bond motifs is 1. The lowest BCUT2D eigenvalue weighted by Gasteiger charge is -2.37. The van der Waals surface area contributed by atoms with Crippen LogP contribution in [0.1, 0.15) is 92.5 Å². The third-order valence-corrected chi connectivity index (χ3v) is 11.6. The van der Waals surface area contributed by atoms with E-state index in [2.05, 4.69) is 44.4 Å². The first-order chi connectivity index (χ1) is 26.0. The molecule has 2 aromatic carbocycles. The number of amides is 7. The Morgan fingerprint density at radius 3 is 2.33 bits per heavy atom. The highest BCUT2D eigenvalue weighted by molar-refractivity contribution is 6.23.